The van der Waals surface area contributed by atoms with Gasteiger partial charge in [-0.05, 0) is 90.7 Å². The molecule has 1 saturated carbocycles. The molecular weight excluding hydrogens is 374 g/mol. The third-order valence-corrected chi connectivity index (χ3v) is 7.92. The molecule has 2 heterocycles. The van der Waals surface area contributed by atoms with Crippen LogP contribution in [0, 0.1) is 5.92 Å². The molecule has 4 rings (SSSR count). The topological polar surface area (TPSA) is 36.9 Å². The van der Waals surface area contributed by atoms with Crippen molar-refractivity contribution in [2.24, 2.45) is 5.92 Å². The first-order chi connectivity index (χ1) is 13.8. The normalized spacial score (nSPS) is 26.5. The summed E-state index contributed by atoms with van der Waals surface area (Å²) in [4.78, 5) is 0. The van der Waals surface area contributed by atoms with Gasteiger partial charge in [0.2, 0.25) is 0 Å². The largest absolute Gasteiger partial charge is 0.486 e. The van der Waals surface area contributed by atoms with E-state index < -0.39 is 36.6 Å². The minimum atomic E-state index is -0.500. The maximum Gasteiger partial charge on any atom is 0.486 e. The zero-order valence-electron chi connectivity index (χ0n) is 19.9. The Morgan fingerprint density at radius 3 is 1.43 bits per heavy atom. The van der Waals surface area contributed by atoms with E-state index in [0.29, 0.717) is 5.92 Å². The number of benzene rings is 1. The van der Waals surface area contributed by atoms with Crippen LogP contribution >= 0.6 is 0 Å². The zero-order valence-corrected chi connectivity index (χ0v) is 19.9. The Kier molecular flexibility index (Phi) is 5.33. The Labute approximate surface area is 183 Å². The standard InChI is InChI=1S/C24H36B2O4/c1-21(2)22(3,4)28-25(27-21)20(26-29-23(5,6)24(7,8)30-26)19(18-15-12-16-18)17-13-10-9-11-14-17/h9-11,13-14,18H,12,15-16H2,1-8H3. The van der Waals surface area contributed by atoms with Crippen molar-refractivity contribution in [3.05, 3.63) is 41.3 Å². The minimum Gasteiger partial charge on any atom is -0.400 e. The first-order valence-corrected chi connectivity index (χ1v) is 11.4. The molecular formula is C24H36B2O4. The predicted molar refractivity (Wildman–Crippen MR) is 123 cm³/mol. The Bertz CT molecular complexity index is 755. The quantitative estimate of drug-likeness (QED) is 0.615. The SMILES string of the molecule is CC1(C)OB(C(B2OC(C)(C)C(C)(C)O2)=C(c2ccccc2)C2CCC2)OC1(C)C. The van der Waals surface area contributed by atoms with Crippen LogP contribution in [0.2, 0.25) is 0 Å². The molecule has 0 unspecified atom stereocenters. The van der Waals surface area contributed by atoms with Crippen molar-refractivity contribution < 1.29 is 18.6 Å². The molecule has 30 heavy (non-hydrogen) atoms. The smallest absolute Gasteiger partial charge is 0.400 e. The van der Waals surface area contributed by atoms with Crippen LogP contribution in [-0.2, 0) is 18.6 Å². The van der Waals surface area contributed by atoms with Gasteiger partial charge in [-0.1, -0.05) is 36.8 Å². The van der Waals surface area contributed by atoms with Gasteiger partial charge in [-0.3, -0.25) is 0 Å². The van der Waals surface area contributed by atoms with E-state index in [4.69, 9.17) is 18.6 Å². The molecule has 0 atom stereocenters. The van der Waals surface area contributed by atoms with Crippen molar-refractivity contribution in [2.75, 3.05) is 0 Å². The summed E-state index contributed by atoms with van der Waals surface area (Å²) in [7, 11) is -0.999. The maximum atomic E-state index is 6.56. The summed E-state index contributed by atoms with van der Waals surface area (Å²) in [5.41, 5.74) is 0.796. The van der Waals surface area contributed by atoms with Crippen molar-refractivity contribution in [3.63, 3.8) is 0 Å². The van der Waals surface area contributed by atoms with Gasteiger partial charge < -0.3 is 18.6 Å². The Morgan fingerprint density at radius 2 is 1.10 bits per heavy atom. The summed E-state index contributed by atoms with van der Waals surface area (Å²) >= 11 is 0. The monoisotopic (exact) mass is 410 g/mol. The Balaban J connectivity index is 1.86. The highest BCUT2D eigenvalue weighted by molar-refractivity contribution is 6.80. The molecule has 1 aromatic carbocycles. The van der Waals surface area contributed by atoms with Gasteiger partial charge in [0.15, 0.2) is 0 Å². The molecule has 0 radical (unpaired) electrons. The van der Waals surface area contributed by atoms with Crippen LogP contribution < -0.4 is 0 Å². The fourth-order valence-electron chi connectivity index (χ4n) is 4.26. The molecule has 1 aliphatic carbocycles. The van der Waals surface area contributed by atoms with E-state index in [-0.39, 0.29) is 0 Å². The van der Waals surface area contributed by atoms with Crippen LogP contribution in [0.15, 0.2) is 35.7 Å². The highest BCUT2D eigenvalue weighted by Gasteiger charge is 2.60. The van der Waals surface area contributed by atoms with Gasteiger partial charge in [-0.25, -0.2) is 0 Å². The Morgan fingerprint density at radius 1 is 0.700 bits per heavy atom. The molecule has 2 aliphatic heterocycles. The van der Waals surface area contributed by atoms with Gasteiger partial charge in [0.25, 0.3) is 0 Å². The first kappa shape index (κ1) is 22.1. The van der Waals surface area contributed by atoms with Gasteiger partial charge in [0.05, 0.1) is 22.4 Å². The molecule has 6 heteroatoms. The summed E-state index contributed by atoms with van der Waals surface area (Å²) in [5.74, 6) is 0.473. The lowest BCUT2D eigenvalue weighted by molar-refractivity contribution is 0.00578. The second-order valence-corrected chi connectivity index (χ2v) is 11.0. The van der Waals surface area contributed by atoms with Gasteiger partial charge in [-0.2, -0.15) is 0 Å². The summed E-state index contributed by atoms with van der Waals surface area (Å²) < 4.78 is 26.2. The number of rotatable bonds is 4. The fourth-order valence-corrected chi connectivity index (χ4v) is 4.26. The van der Waals surface area contributed by atoms with E-state index in [2.05, 4.69) is 85.7 Å². The van der Waals surface area contributed by atoms with Crippen LogP contribution in [-0.4, -0.2) is 36.6 Å². The van der Waals surface area contributed by atoms with Crippen LogP contribution in [0.25, 0.3) is 5.57 Å². The molecule has 0 aromatic heterocycles. The van der Waals surface area contributed by atoms with E-state index in [9.17, 15) is 0 Å². The van der Waals surface area contributed by atoms with Crippen LogP contribution in [0.1, 0.15) is 80.2 Å². The second kappa shape index (κ2) is 7.23. The average Bonchev–Trinajstić information content (AvgIpc) is 2.92. The van der Waals surface area contributed by atoms with E-state index in [1.807, 2.05) is 0 Å². The highest BCUT2D eigenvalue weighted by atomic mass is 16.7. The van der Waals surface area contributed by atoms with E-state index in [1.165, 1.54) is 30.4 Å². The van der Waals surface area contributed by atoms with Crippen molar-refractivity contribution in [1.82, 2.24) is 0 Å². The van der Waals surface area contributed by atoms with Crippen molar-refractivity contribution in [1.29, 1.82) is 0 Å². The maximum absolute atomic E-state index is 6.56. The van der Waals surface area contributed by atoms with E-state index in [1.54, 1.807) is 0 Å². The summed E-state index contributed by atoms with van der Waals surface area (Å²) in [6.45, 7) is 16.8. The Hall–Kier alpha value is -1.07. The zero-order chi connectivity index (χ0) is 21.9. The van der Waals surface area contributed by atoms with Crippen LogP contribution in [0.3, 0.4) is 0 Å². The number of hydrogen-bond acceptors (Lipinski definition) is 4. The van der Waals surface area contributed by atoms with Gasteiger partial charge in [0, 0.05) is 0 Å². The molecule has 2 saturated heterocycles. The minimum absolute atomic E-state index is 0.423. The third kappa shape index (κ3) is 3.60. The molecule has 1 aromatic rings. The molecule has 4 nitrogen and oxygen atoms in total. The number of allylic oxidation sites excluding steroid dienone is 1. The first-order valence-electron chi connectivity index (χ1n) is 11.4. The number of hydrogen-bond donors (Lipinski definition) is 0. The van der Waals surface area contributed by atoms with Crippen molar-refractivity contribution >= 4 is 19.8 Å². The predicted octanol–water partition coefficient (Wildman–Crippen LogP) is 5.50. The lowest BCUT2D eigenvalue weighted by atomic mass is 9.52. The van der Waals surface area contributed by atoms with E-state index >= 15 is 0 Å². The highest BCUT2D eigenvalue weighted by Crippen LogP contribution is 2.48. The molecule has 3 fully saturated rings. The molecule has 0 bridgehead atoms. The molecule has 0 spiro atoms. The molecule has 0 N–H and O–H groups in total. The van der Waals surface area contributed by atoms with Crippen molar-refractivity contribution in [3.8, 4) is 0 Å². The molecule has 162 valence electrons. The third-order valence-electron chi connectivity index (χ3n) is 7.92. The second-order valence-electron chi connectivity index (χ2n) is 11.0. The lowest BCUT2D eigenvalue weighted by Gasteiger charge is -2.32. The summed E-state index contributed by atoms with van der Waals surface area (Å²) in [5, 5.41) is 1.00. The molecule has 3 aliphatic rings. The summed E-state index contributed by atoms with van der Waals surface area (Å²) in [6, 6.07) is 10.6. The van der Waals surface area contributed by atoms with Gasteiger partial charge >= 0.3 is 14.2 Å². The van der Waals surface area contributed by atoms with Crippen molar-refractivity contribution in [2.45, 2.75) is 97.1 Å². The summed E-state index contributed by atoms with van der Waals surface area (Å²) in [6.07, 6.45) is 3.60. The van der Waals surface area contributed by atoms with Crippen LogP contribution in [0.4, 0.5) is 0 Å². The lowest BCUT2D eigenvalue weighted by Crippen LogP contribution is -2.41. The van der Waals surface area contributed by atoms with Gasteiger partial charge in [-0.15, -0.1) is 0 Å². The fraction of sp³-hybridized carbons (Fsp3) is 0.667. The van der Waals surface area contributed by atoms with E-state index in [0.717, 1.165) is 5.37 Å². The molecule has 0 amide bonds. The average molecular weight is 410 g/mol. The van der Waals surface area contributed by atoms with Gasteiger partial charge in [0.1, 0.15) is 0 Å². The van der Waals surface area contributed by atoms with Crippen LogP contribution in [0.5, 0.6) is 0 Å².